The normalized spacial score (nSPS) is 18.4. The number of Topliss-reactive ketones (excluding diaryl/α,β-unsaturated/α-hetero) is 1. The van der Waals surface area contributed by atoms with Gasteiger partial charge in [-0.25, -0.2) is 8.42 Å². The van der Waals surface area contributed by atoms with E-state index < -0.39 is 9.84 Å². The zero-order chi connectivity index (χ0) is 18.7. The zero-order valence-electron chi connectivity index (χ0n) is 14.3. The second kappa shape index (κ2) is 7.63. The van der Waals surface area contributed by atoms with Gasteiger partial charge < -0.3 is 5.32 Å². The second-order valence-electron chi connectivity index (χ2n) is 6.23. The maximum Gasteiger partial charge on any atom is 0.256 e. The minimum absolute atomic E-state index is 0.0324. The third-order valence-electron chi connectivity index (χ3n) is 4.14. The van der Waals surface area contributed by atoms with Crippen molar-refractivity contribution < 1.29 is 18.0 Å². The van der Waals surface area contributed by atoms with Crippen LogP contribution in [0.4, 0.5) is 5.69 Å². The van der Waals surface area contributed by atoms with E-state index in [4.69, 9.17) is 0 Å². The Kier molecular flexibility index (Phi) is 5.48. The average molecular weight is 389 g/mol. The molecule has 1 amide bonds. The highest BCUT2D eigenvalue weighted by Gasteiger charge is 2.29. The SMILES string of the molecule is CC(=O)c1cccc(NC(=O)c2ccccc2SC2CCS(=O)(=O)C2)c1. The molecule has 0 aliphatic carbocycles. The van der Waals surface area contributed by atoms with Gasteiger partial charge in [0, 0.05) is 21.4 Å². The summed E-state index contributed by atoms with van der Waals surface area (Å²) in [7, 11) is -2.96. The van der Waals surface area contributed by atoms with Gasteiger partial charge in [0.15, 0.2) is 15.6 Å². The van der Waals surface area contributed by atoms with Crippen molar-refractivity contribution in [1.29, 1.82) is 0 Å². The fourth-order valence-corrected chi connectivity index (χ4v) is 6.43. The Labute approximate surface area is 157 Å². The number of anilines is 1. The lowest BCUT2D eigenvalue weighted by atomic mass is 10.1. The average Bonchev–Trinajstić information content (AvgIpc) is 2.94. The van der Waals surface area contributed by atoms with E-state index in [1.54, 1.807) is 36.4 Å². The molecule has 7 heteroatoms. The number of benzene rings is 2. The third-order valence-corrected chi connectivity index (χ3v) is 7.47. The molecule has 0 saturated carbocycles. The molecule has 1 aliphatic rings. The first-order valence-electron chi connectivity index (χ1n) is 8.22. The molecule has 0 spiro atoms. The van der Waals surface area contributed by atoms with Crippen molar-refractivity contribution in [2.45, 2.75) is 23.5 Å². The Bertz CT molecular complexity index is 954. The number of rotatable bonds is 5. The molecular formula is C19H19NO4S2. The Balaban J connectivity index is 1.78. The third kappa shape index (κ3) is 4.53. The zero-order valence-corrected chi connectivity index (χ0v) is 15.9. The molecule has 1 aliphatic heterocycles. The van der Waals surface area contributed by atoms with Gasteiger partial charge >= 0.3 is 0 Å². The molecular weight excluding hydrogens is 370 g/mol. The molecule has 3 rings (SSSR count). The van der Waals surface area contributed by atoms with Crippen LogP contribution in [0.3, 0.4) is 0 Å². The molecule has 2 aromatic carbocycles. The van der Waals surface area contributed by atoms with Crippen molar-refractivity contribution in [2.75, 3.05) is 16.8 Å². The van der Waals surface area contributed by atoms with E-state index in [0.29, 0.717) is 23.2 Å². The van der Waals surface area contributed by atoms with Crippen molar-refractivity contribution in [3.05, 3.63) is 59.7 Å². The van der Waals surface area contributed by atoms with Crippen LogP contribution < -0.4 is 5.32 Å². The number of hydrogen-bond donors (Lipinski definition) is 1. The lowest BCUT2D eigenvalue weighted by molar-refractivity contribution is 0.101. The second-order valence-corrected chi connectivity index (χ2v) is 9.80. The summed E-state index contributed by atoms with van der Waals surface area (Å²) in [5.74, 6) is -0.000309. The number of nitrogens with one attached hydrogen (secondary N) is 1. The summed E-state index contributed by atoms with van der Waals surface area (Å²) in [6.07, 6.45) is 0.601. The largest absolute Gasteiger partial charge is 0.322 e. The highest BCUT2D eigenvalue weighted by atomic mass is 32.2. The van der Waals surface area contributed by atoms with E-state index >= 15 is 0 Å². The lowest BCUT2D eigenvalue weighted by Crippen LogP contribution is -2.14. The smallest absolute Gasteiger partial charge is 0.256 e. The summed E-state index contributed by atoms with van der Waals surface area (Å²) in [6.45, 7) is 1.47. The molecule has 26 heavy (non-hydrogen) atoms. The van der Waals surface area contributed by atoms with Gasteiger partial charge in [-0.3, -0.25) is 9.59 Å². The number of sulfone groups is 1. The van der Waals surface area contributed by atoms with Gasteiger partial charge in [-0.15, -0.1) is 11.8 Å². The van der Waals surface area contributed by atoms with Gasteiger partial charge in [0.1, 0.15) is 0 Å². The summed E-state index contributed by atoms with van der Waals surface area (Å²) in [5, 5.41) is 2.78. The van der Waals surface area contributed by atoms with Crippen LogP contribution >= 0.6 is 11.8 Å². The number of carbonyl (C=O) groups excluding carboxylic acids is 2. The van der Waals surface area contributed by atoms with Crippen LogP contribution in [0.5, 0.6) is 0 Å². The molecule has 0 aromatic heterocycles. The Hall–Kier alpha value is -2.12. The Morgan fingerprint density at radius 1 is 1.12 bits per heavy atom. The van der Waals surface area contributed by atoms with Gasteiger partial charge in [-0.1, -0.05) is 24.3 Å². The highest BCUT2D eigenvalue weighted by molar-refractivity contribution is 8.02. The van der Waals surface area contributed by atoms with Crippen molar-refractivity contribution in [3.8, 4) is 0 Å². The minimum atomic E-state index is -2.96. The number of ketones is 1. The summed E-state index contributed by atoms with van der Waals surface area (Å²) >= 11 is 1.43. The van der Waals surface area contributed by atoms with Crippen LogP contribution in [0.25, 0.3) is 0 Å². The molecule has 5 nitrogen and oxygen atoms in total. The van der Waals surface area contributed by atoms with Gasteiger partial charge in [0.05, 0.1) is 17.1 Å². The molecule has 0 radical (unpaired) electrons. The standard InChI is InChI=1S/C19H19NO4S2/c1-13(21)14-5-4-6-15(11-14)20-19(22)17-7-2-3-8-18(17)25-16-9-10-26(23,24)12-16/h2-8,11,16H,9-10,12H2,1H3,(H,20,22). The lowest BCUT2D eigenvalue weighted by Gasteiger charge is -2.13. The summed E-state index contributed by atoms with van der Waals surface area (Å²) < 4.78 is 23.3. The predicted molar refractivity (Wildman–Crippen MR) is 104 cm³/mol. The molecule has 136 valence electrons. The minimum Gasteiger partial charge on any atom is -0.322 e. The van der Waals surface area contributed by atoms with E-state index in [1.807, 2.05) is 12.1 Å². The van der Waals surface area contributed by atoms with Crippen molar-refractivity contribution in [2.24, 2.45) is 0 Å². The maximum absolute atomic E-state index is 12.7. The first kappa shape index (κ1) is 18.7. The number of carbonyl (C=O) groups is 2. The maximum atomic E-state index is 12.7. The van der Waals surface area contributed by atoms with E-state index in [0.717, 1.165) is 4.90 Å². The fraction of sp³-hybridized carbons (Fsp3) is 0.263. The number of amides is 1. The molecule has 1 heterocycles. The predicted octanol–water partition coefficient (Wildman–Crippen LogP) is 3.42. The monoisotopic (exact) mass is 389 g/mol. The van der Waals surface area contributed by atoms with Crippen LogP contribution in [0.1, 0.15) is 34.1 Å². The summed E-state index contributed by atoms with van der Waals surface area (Å²) in [4.78, 5) is 24.9. The van der Waals surface area contributed by atoms with Crippen molar-refractivity contribution >= 4 is 39.0 Å². The van der Waals surface area contributed by atoms with Crippen LogP contribution in [-0.2, 0) is 9.84 Å². The summed E-state index contributed by atoms with van der Waals surface area (Å²) in [5.41, 5.74) is 1.57. The van der Waals surface area contributed by atoms with Gasteiger partial charge in [-0.2, -0.15) is 0 Å². The summed E-state index contributed by atoms with van der Waals surface area (Å²) in [6, 6.07) is 13.9. The molecule has 1 fully saturated rings. The van der Waals surface area contributed by atoms with Crippen molar-refractivity contribution in [3.63, 3.8) is 0 Å². The van der Waals surface area contributed by atoms with Crippen LogP contribution in [0.2, 0.25) is 0 Å². The molecule has 1 unspecified atom stereocenters. The van der Waals surface area contributed by atoms with Crippen LogP contribution in [0, 0.1) is 0 Å². The van der Waals surface area contributed by atoms with Gasteiger partial charge in [0.25, 0.3) is 5.91 Å². The van der Waals surface area contributed by atoms with E-state index in [1.165, 1.54) is 18.7 Å². The van der Waals surface area contributed by atoms with Crippen molar-refractivity contribution in [1.82, 2.24) is 0 Å². The van der Waals surface area contributed by atoms with Gasteiger partial charge in [-0.05, 0) is 37.6 Å². The molecule has 2 aromatic rings. The molecule has 0 bridgehead atoms. The first-order valence-corrected chi connectivity index (χ1v) is 10.9. The number of thioether (sulfide) groups is 1. The topological polar surface area (TPSA) is 80.3 Å². The van der Waals surface area contributed by atoms with E-state index in [2.05, 4.69) is 5.32 Å². The Morgan fingerprint density at radius 2 is 1.88 bits per heavy atom. The first-order chi connectivity index (χ1) is 12.3. The molecule has 1 atom stereocenters. The Morgan fingerprint density at radius 3 is 2.58 bits per heavy atom. The molecule has 1 N–H and O–H groups in total. The molecule has 1 saturated heterocycles. The van der Waals surface area contributed by atoms with E-state index in [-0.39, 0.29) is 28.4 Å². The van der Waals surface area contributed by atoms with Gasteiger partial charge in [0.2, 0.25) is 0 Å². The number of hydrogen-bond acceptors (Lipinski definition) is 5. The van der Waals surface area contributed by atoms with E-state index in [9.17, 15) is 18.0 Å². The van der Waals surface area contributed by atoms with Crippen LogP contribution in [0.15, 0.2) is 53.4 Å². The fourth-order valence-electron chi connectivity index (χ4n) is 2.80. The highest BCUT2D eigenvalue weighted by Crippen LogP contribution is 2.33. The van der Waals surface area contributed by atoms with Crippen LogP contribution in [-0.4, -0.2) is 36.9 Å². The quantitative estimate of drug-likeness (QED) is 0.793.